The van der Waals surface area contributed by atoms with Crippen LogP contribution in [0.15, 0.2) is 60.8 Å². The molecule has 1 N–H and O–H groups in total. The maximum absolute atomic E-state index is 12.4. The Labute approximate surface area is 261 Å². The zero-order valence-corrected chi connectivity index (χ0v) is 26.2. The molecule has 2 aromatic heterocycles. The Bertz CT molecular complexity index is 1650. The van der Waals surface area contributed by atoms with Gasteiger partial charge in [-0.1, -0.05) is 6.07 Å². The third-order valence-electron chi connectivity index (χ3n) is 7.71. The third-order valence-corrected chi connectivity index (χ3v) is 7.71. The number of hydrogen-bond donors (Lipinski definition) is 1. The number of esters is 1. The summed E-state index contributed by atoms with van der Waals surface area (Å²) < 4.78 is 18.5. The first-order valence-corrected chi connectivity index (χ1v) is 14.8. The minimum absolute atomic E-state index is 0.0581. The van der Waals surface area contributed by atoms with Crippen LogP contribution in [0.5, 0.6) is 11.6 Å². The topological polar surface area (TPSA) is 137 Å². The number of likely N-dealkylation sites (N-methyl/N-ethyl adjacent to an activating group) is 1. The van der Waals surface area contributed by atoms with Crippen LogP contribution in [0.2, 0.25) is 0 Å². The van der Waals surface area contributed by atoms with Gasteiger partial charge in [-0.3, -0.25) is 24.4 Å². The number of non-ortho nitro benzene ring substituents is 1. The van der Waals surface area contributed by atoms with E-state index < -0.39 is 10.3 Å². The summed E-state index contributed by atoms with van der Waals surface area (Å²) in [5, 5.41) is 15.1. The number of methoxy groups -OCH3 is 1. The number of anilines is 3. The van der Waals surface area contributed by atoms with Gasteiger partial charge in [0.05, 0.1) is 28.4 Å². The number of carbonyl (C=O) groups is 1. The van der Waals surface area contributed by atoms with Gasteiger partial charge in [-0.15, -0.1) is 0 Å². The highest BCUT2D eigenvalue weighted by molar-refractivity contribution is 5.83. The zero-order chi connectivity index (χ0) is 32.1. The van der Waals surface area contributed by atoms with Crippen LogP contribution >= 0.6 is 0 Å². The third kappa shape index (κ3) is 7.67. The van der Waals surface area contributed by atoms with Crippen LogP contribution in [0.25, 0.3) is 11.0 Å². The van der Waals surface area contributed by atoms with Crippen LogP contribution in [0.1, 0.15) is 27.2 Å². The van der Waals surface area contributed by atoms with E-state index in [1.54, 1.807) is 56.8 Å². The number of nitro benzene ring substituents is 1. The molecule has 0 amide bonds. The zero-order valence-electron chi connectivity index (χ0n) is 26.2. The molecule has 0 radical (unpaired) electrons. The maximum atomic E-state index is 12.4. The molecule has 238 valence electrons. The first-order chi connectivity index (χ1) is 21.5. The number of nitrogens with zero attached hydrogens (tertiary/aromatic N) is 6. The van der Waals surface area contributed by atoms with Crippen molar-refractivity contribution in [3.05, 3.63) is 70.9 Å². The van der Waals surface area contributed by atoms with E-state index in [2.05, 4.69) is 27.1 Å². The summed E-state index contributed by atoms with van der Waals surface area (Å²) in [6, 6.07) is 16.1. The van der Waals surface area contributed by atoms with E-state index in [4.69, 9.17) is 19.2 Å². The van der Waals surface area contributed by atoms with E-state index in [1.807, 2.05) is 24.3 Å². The van der Waals surface area contributed by atoms with E-state index in [0.717, 1.165) is 44.0 Å². The first-order valence-electron chi connectivity index (χ1n) is 14.8. The van der Waals surface area contributed by atoms with Crippen molar-refractivity contribution >= 4 is 40.0 Å². The van der Waals surface area contributed by atoms with Crippen molar-refractivity contribution in [3.8, 4) is 11.6 Å². The predicted molar refractivity (Wildman–Crippen MR) is 171 cm³/mol. The molecule has 0 spiro atoms. The molecule has 1 aliphatic heterocycles. The normalized spacial score (nSPS) is 15.3. The molecule has 2 aromatic carbocycles. The van der Waals surface area contributed by atoms with Crippen molar-refractivity contribution in [2.24, 2.45) is 5.41 Å². The number of likely N-dealkylation sites (tertiary alicyclic amines) is 1. The molecule has 1 fully saturated rings. The lowest BCUT2D eigenvalue weighted by molar-refractivity contribution is -0.384. The number of benzene rings is 2. The van der Waals surface area contributed by atoms with E-state index in [1.165, 1.54) is 12.1 Å². The van der Waals surface area contributed by atoms with Crippen LogP contribution < -0.4 is 15.0 Å². The van der Waals surface area contributed by atoms with Crippen LogP contribution in [-0.2, 0) is 21.0 Å². The molecule has 1 atom stereocenters. The average molecular weight is 618 g/mol. The number of nitrogens with one attached hydrogen (secondary N) is 1. The van der Waals surface area contributed by atoms with Gasteiger partial charge in [0.25, 0.3) is 5.69 Å². The molecule has 13 nitrogen and oxygen atoms in total. The SMILES string of the molecule is COCCN1CC[C@H](N(C)c2ccc(Nc3nc(Oc4cccc([N+](=O)[O-])c4)c4ccn(COC(=O)C(C)(C)C)c4n3)cc2)C1. The van der Waals surface area contributed by atoms with Gasteiger partial charge in [0, 0.05) is 63.5 Å². The largest absolute Gasteiger partial charge is 0.443 e. The van der Waals surface area contributed by atoms with Gasteiger partial charge < -0.3 is 24.4 Å². The second-order valence-electron chi connectivity index (χ2n) is 12.1. The number of aromatic nitrogens is 3. The van der Waals surface area contributed by atoms with Crippen molar-refractivity contribution in [2.75, 3.05) is 50.6 Å². The second-order valence-corrected chi connectivity index (χ2v) is 12.1. The number of fused-ring (bicyclic) bond motifs is 1. The summed E-state index contributed by atoms with van der Waals surface area (Å²) in [4.78, 5) is 37.3. The predicted octanol–water partition coefficient (Wildman–Crippen LogP) is 5.58. The molecule has 3 heterocycles. The molecule has 1 saturated heterocycles. The Morgan fingerprint density at radius 2 is 1.93 bits per heavy atom. The second kappa shape index (κ2) is 13.5. The highest BCUT2D eigenvalue weighted by Crippen LogP contribution is 2.32. The first kappa shape index (κ1) is 31.7. The molecule has 0 saturated carbocycles. The van der Waals surface area contributed by atoms with Crippen LogP contribution in [0.4, 0.5) is 23.0 Å². The summed E-state index contributed by atoms with van der Waals surface area (Å²) >= 11 is 0. The van der Waals surface area contributed by atoms with Crippen molar-refractivity contribution in [2.45, 2.75) is 40.0 Å². The van der Waals surface area contributed by atoms with Crippen molar-refractivity contribution in [1.82, 2.24) is 19.4 Å². The molecule has 0 bridgehead atoms. The van der Waals surface area contributed by atoms with Gasteiger partial charge in [-0.25, -0.2) is 0 Å². The minimum Gasteiger partial charge on any atom is -0.443 e. The highest BCUT2D eigenvalue weighted by Gasteiger charge is 2.26. The van der Waals surface area contributed by atoms with Gasteiger partial charge in [0.15, 0.2) is 12.4 Å². The summed E-state index contributed by atoms with van der Waals surface area (Å²) in [5.41, 5.74) is 1.55. The standard InChI is InChI=1S/C32H39N7O6/c1-32(2,3)30(40)44-21-38-16-14-27-28(38)34-31(35-29(27)45-26-8-6-7-24(19-26)39(41)42)33-22-9-11-23(12-10-22)36(4)25-13-15-37(20-25)17-18-43-5/h6-12,14,16,19,25H,13,15,17-18,20-21H2,1-5H3,(H,33,34,35)/t25-/m0/s1. The number of rotatable bonds is 12. The van der Waals surface area contributed by atoms with Crippen molar-refractivity contribution in [3.63, 3.8) is 0 Å². The van der Waals surface area contributed by atoms with Gasteiger partial charge in [-0.05, 0) is 63.6 Å². The van der Waals surface area contributed by atoms with E-state index in [9.17, 15) is 14.9 Å². The molecule has 13 heteroatoms. The smallest absolute Gasteiger partial charge is 0.312 e. The Morgan fingerprint density at radius 1 is 1.16 bits per heavy atom. The monoisotopic (exact) mass is 617 g/mol. The van der Waals surface area contributed by atoms with Crippen LogP contribution in [-0.4, -0.2) is 76.8 Å². The van der Waals surface area contributed by atoms with Crippen LogP contribution in [0.3, 0.4) is 0 Å². The van der Waals surface area contributed by atoms with Crippen molar-refractivity contribution < 1.29 is 23.9 Å². The number of carbonyl (C=O) groups excluding carboxylic acids is 1. The molecule has 5 rings (SSSR count). The molecule has 1 aliphatic rings. The highest BCUT2D eigenvalue weighted by atomic mass is 16.6. The van der Waals surface area contributed by atoms with Gasteiger partial charge in [-0.2, -0.15) is 9.97 Å². The fourth-order valence-electron chi connectivity index (χ4n) is 5.06. The summed E-state index contributed by atoms with van der Waals surface area (Å²) in [5.74, 6) is 0.340. The van der Waals surface area contributed by atoms with E-state index in [-0.39, 0.29) is 36.0 Å². The lowest BCUT2D eigenvalue weighted by Gasteiger charge is -2.27. The van der Waals surface area contributed by atoms with Crippen LogP contribution in [0, 0.1) is 15.5 Å². The lowest BCUT2D eigenvalue weighted by Crippen LogP contribution is -2.35. The maximum Gasteiger partial charge on any atom is 0.312 e. The number of hydrogen-bond acceptors (Lipinski definition) is 11. The van der Waals surface area contributed by atoms with E-state index in [0.29, 0.717) is 17.1 Å². The molecule has 45 heavy (non-hydrogen) atoms. The summed E-state index contributed by atoms with van der Waals surface area (Å²) in [6.45, 7) is 9.00. The van der Waals surface area contributed by atoms with Gasteiger partial charge in [0.1, 0.15) is 5.75 Å². The Kier molecular flexibility index (Phi) is 9.49. The Hall–Kier alpha value is -4.75. The fourth-order valence-corrected chi connectivity index (χ4v) is 5.06. The lowest BCUT2D eigenvalue weighted by atomic mass is 9.98. The van der Waals surface area contributed by atoms with Crippen molar-refractivity contribution in [1.29, 1.82) is 0 Å². The summed E-state index contributed by atoms with van der Waals surface area (Å²) in [7, 11) is 3.84. The molecule has 4 aromatic rings. The average Bonchev–Trinajstić information content (AvgIpc) is 3.66. The minimum atomic E-state index is -0.664. The van der Waals surface area contributed by atoms with Gasteiger partial charge >= 0.3 is 5.97 Å². The molecular weight excluding hydrogens is 578 g/mol. The number of ether oxygens (including phenoxy) is 3. The van der Waals surface area contributed by atoms with Gasteiger partial charge in [0.2, 0.25) is 11.8 Å². The fraction of sp³-hybridized carbons (Fsp3) is 0.406. The molecule has 0 unspecified atom stereocenters. The molecular formula is C32H39N7O6. The quantitative estimate of drug-likeness (QED) is 0.121. The van der Waals surface area contributed by atoms with E-state index >= 15 is 0 Å². The molecule has 0 aliphatic carbocycles. The Morgan fingerprint density at radius 3 is 2.64 bits per heavy atom. The Balaban J connectivity index is 1.39. The number of nitro groups is 1. The summed E-state index contributed by atoms with van der Waals surface area (Å²) in [6.07, 6.45) is 2.82.